The average Bonchev–Trinajstić information content (AvgIpc) is 3.18. The number of nitrogens with two attached hydrogens (primary N) is 1. The van der Waals surface area contributed by atoms with Gasteiger partial charge in [0, 0.05) is 12.0 Å². The third-order valence-corrected chi connectivity index (χ3v) is 4.36. The molecule has 1 saturated carbocycles. The minimum atomic E-state index is -0.206. The summed E-state index contributed by atoms with van der Waals surface area (Å²) in [5.74, 6) is 0.994. The summed E-state index contributed by atoms with van der Waals surface area (Å²) >= 11 is 0. The fourth-order valence-corrected chi connectivity index (χ4v) is 3.18. The monoisotopic (exact) mass is 313 g/mol. The van der Waals surface area contributed by atoms with Crippen LogP contribution in [0.2, 0.25) is 0 Å². The molecule has 0 unspecified atom stereocenters. The Morgan fingerprint density at radius 3 is 2.65 bits per heavy atom. The number of hydrogen-bond donors (Lipinski definition) is 1. The number of carbonyl (C=O) groups excluding carboxylic acids is 1. The van der Waals surface area contributed by atoms with Gasteiger partial charge in [-0.15, -0.1) is 0 Å². The molecule has 0 saturated heterocycles. The second-order valence-corrected chi connectivity index (χ2v) is 6.04. The van der Waals surface area contributed by atoms with Crippen LogP contribution in [-0.2, 0) is 16.0 Å². The highest BCUT2D eigenvalue weighted by Gasteiger charge is 2.21. The number of carbonyl (C=O) groups is 1. The van der Waals surface area contributed by atoms with Crippen molar-refractivity contribution in [2.45, 2.75) is 44.9 Å². The summed E-state index contributed by atoms with van der Waals surface area (Å²) in [6, 6.07) is 9.71. The van der Waals surface area contributed by atoms with Gasteiger partial charge in [0.25, 0.3) is 0 Å². The van der Waals surface area contributed by atoms with Crippen LogP contribution in [0.4, 0.5) is 5.82 Å². The molecule has 23 heavy (non-hydrogen) atoms. The molecule has 0 aliphatic heterocycles. The fraction of sp³-hybridized carbons (Fsp3) is 0.444. The molecule has 1 aromatic heterocycles. The predicted octanol–water partition coefficient (Wildman–Crippen LogP) is 3.22. The molecular weight excluding hydrogens is 290 g/mol. The van der Waals surface area contributed by atoms with Crippen LogP contribution in [0.3, 0.4) is 0 Å². The number of benzene rings is 1. The number of aromatic nitrogens is 2. The molecule has 0 amide bonds. The van der Waals surface area contributed by atoms with Crippen molar-refractivity contribution in [1.82, 2.24) is 9.78 Å². The van der Waals surface area contributed by atoms with E-state index in [1.807, 2.05) is 37.3 Å². The summed E-state index contributed by atoms with van der Waals surface area (Å²) < 4.78 is 6.74. The third kappa shape index (κ3) is 3.55. The van der Waals surface area contributed by atoms with Gasteiger partial charge in [0.1, 0.15) is 5.82 Å². The zero-order valence-electron chi connectivity index (χ0n) is 13.5. The Morgan fingerprint density at radius 2 is 2.00 bits per heavy atom. The van der Waals surface area contributed by atoms with Crippen LogP contribution in [0.15, 0.2) is 30.3 Å². The molecule has 5 heteroatoms. The Morgan fingerprint density at radius 1 is 1.30 bits per heavy atom. The zero-order valence-corrected chi connectivity index (χ0v) is 13.5. The summed E-state index contributed by atoms with van der Waals surface area (Å²) in [5, 5.41) is 4.68. The van der Waals surface area contributed by atoms with Crippen LogP contribution in [0.1, 0.15) is 49.8 Å². The zero-order chi connectivity index (χ0) is 16.2. The van der Waals surface area contributed by atoms with Crippen molar-refractivity contribution >= 4 is 11.8 Å². The lowest BCUT2D eigenvalue weighted by Gasteiger charge is -2.07. The summed E-state index contributed by atoms with van der Waals surface area (Å²) in [7, 11) is 0. The highest BCUT2D eigenvalue weighted by molar-refractivity contribution is 5.72. The Labute approximate surface area is 136 Å². The summed E-state index contributed by atoms with van der Waals surface area (Å²) in [6.45, 7) is 2.22. The number of anilines is 1. The first-order valence-electron chi connectivity index (χ1n) is 8.27. The van der Waals surface area contributed by atoms with E-state index in [4.69, 9.17) is 10.5 Å². The van der Waals surface area contributed by atoms with E-state index >= 15 is 0 Å². The van der Waals surface area contributed by atoms with Crippen LogP contribution < -0.4 is 5.73 Å². The van der Waals surface area contributed by atoms with Gasteiger partial charge in [-0.3, -0.25) is 4.79 Å². The van der Waals surface area contributed by atoms with Gasteiger partial charge in [0.15, 0.2) is 0 Å². The molecule has 0 spiro atoms. The van der Waals surface area contributed by atoms with Crippen LogP contribution in [0.5, 0.6) is 0 Å². The average molecular weight is 313 g/mol. The maximum Gasteiger partial charge on any atom is 0.310 e. The molecule has 0 bridgehead atoms. The van der Waals surface area contributed by atoms with Crippen molar-refractivity contribution < 1.29 is 9.53 Å². The first-order chi connectivity index (χ1) is 11.2. The highest BCUT2D eigenvalue weighted by Crippen LogP contribution is 2.34. The first-order valence-corrected chi connectivity index (χ1v) is 8.27. The number of nitrogen functional groups attached to an aromatic ring is 1. The van der Waals surface area contributed by atoms with E-state index in [9.17, 15) is 4.79 Å². The van der Waals surface area contributed by atoms with E-state index in [0.717, 1.165) is 16.9 Å². The fourth-order valence-electron chi connectivity index (χ4n) is 3.18. The second-order valence-electron chi connectivity index (χ2n) is 6.04. The van der Waals surface area contributed by atoms with Gasteiger partial charge in [-0.05, 0) is 37.5 Å². The molecule has 0 radical (unpaired) electrons. The van der Waals surface area contributed by atoms with Crippen LogP contribution in [-0.4, -0.2) is 22.4 Å². The maximum absolute atomic E-state index is 11.5. The molecule has 1 heterocycles. The lowest BCUT2D eigenvalue weighted by molar-refractivity contribution is -0.142. The SMILES string of the molecule is CCOC(=O)Cc1ccc(-n2nc(C3CCCC3)cc2N)cc1. The number of hydrogen-bond acceptors (Lipinski definition) is 4. The number of esters is 1. The molecular formula is C18H23N3O2. The van der Waals surface area contributed by atoms with E-state index < -0.39 is 0 Å². The van der Waals surface area contributed by atoms with Gasteiger partial charge < -0.3 is 10.5 Å². The number of ether oxygens (including phenoxy) is 1. The van der Waals surface area contributed by atoms with E-state index in [0.29, 0.717) is 18.3 Å². The lowest BCUT2D eigenvalue weighted by atomic mass is 10.1. The van der Waals surface area contributed by atoms with Gasteiger partial charge in [0.2, 0.25) is 0 Å². The van der Waals surface area contributed by atoms with E-state index in [-0.39, 0.29) is 12.4 Å². The quantitative estimate of drug-likeness (QED) is 0.860. The predicted molar refractivity (Wildman–Crippen MR) is 89.5 cm³/mol. The van der Waals surface area contributed by atoms with Gasteiger partial charge >= 0.3 is 5.97 Å². The van der Waals surface area contributed by atoms with Crippen molar-refractivity contribution in [3.63, 3.8) is 0 Å². The van der Waals surface area contributed by atoms with Crippen LogP contribution in [0.25, 0.3) is 5.69 Å². The van der Waals surface area contributed by atoms with Crippen LogP contribution >= 0.6 is 0 Å². The Hall–Kier alpha value is -2.30. The molecule has 1 aliphatic rings. The Bertz CT molecular complexity index is 670. The molecule has 2 aromatic rings. The van der Waals surface area contributed by atoms with Crippen LogP contribution in [0, 0.1) is 0 Å². The summed E-state index contributed by atoms with van der Waals surface area (Å²) in [4.78, 5) is 11.5. The van der Waals surface area contributed by atoms with Crippen molar-refractivity contribution in [3.05, 3.63) is 41.6 Å². The smallest absolute Gasteiger partial charge is 0.310 e. The molecule has 2 N–H and O–H groups in total. The maximum atomic E-state index is 11.5. The largest absolute Gasteiger partial charge is 0.466 e. The molecule has 0 atom stereocenters. The van der Waals surface area contributed by atoms with E-state index in [2.05, 4.69) is 5.10 Å². The summed E-state index contributed by atoms with van der Waals surface area (Å²) in [5.41, 5.74) is 9.06. The number of nitrogens with zero attached hydrogens (tertiary/aromatic N) is 2. The number of rotatable bonds is 5. The highest BCUT2D eigenvalue weighted by atomic mass is 16.5. The Balaban J connectivity index is 1.75. The van der Waals surface area contributed by atoms with Gasteiger partial charge in [-0.25, -0.2) is 4.68 Å². The van der Waals surface area contributed by atoms with E-state index in [1.54, 1.807) is 4.68 Å². The molecule has 3 rings (SSSR count). The molecule has 1 aromatic carbocycles. The van der Waals surface area contributed by atoms with Gasteiger partial charge in [0.05, 0.1) is 24.4 Å². The molecule has 1 fully saturated rings. The van der Waals surface area contributed by atoms with Crippen molar-refractivity contribution in [2.24, 2.45) is 0 Å². The lowest BCUT2D eigenvalue weighted by Crippen LogP contribution is -2.08. The van der Waals surface area contributed by atoms with Gasteiger partial charge in [-0.1, -0.05) is 25.0 Å². The molecule has 5 nitrogen and oxygen atoms in total. The molecule has 122 valence electrons. The van der Waals surface area contributed by atoms with Gasteiger partial charge in [-0.2, -0.15) is 5.10 Å². The second kappa shape index (κ2) is 6.86. The molecule has 1 aliphatic carbocycles. The van der Waals surface area contributed by atoms with Crippen molar-refractivity contribution in [1.29, 1.82) is 0 Å². The Kier molecular flexibility index (Phi) is 4.65. The summed E-state index contributed by atoms with van der Waals surface area (Å²) in [6.07, 6.45) is 5.25. The topological polar surface area (TPSA) is 70.1 Å². The van der Waals surface area contributed by atoms with Crippen molar-refractivity contribution in [3.8, 4) is 5.69 Å². The minimum absolute atomic E-state index is 0.206. The minimum Gasteiger partial charge on any atom is -0.466 e. The first kappa shape index (κ1) is 15.6. The normalized spacial score (nSPS) is 15.0. The van der Waals surface area contributed by atoms with E-state index in [1.165, 1.54) is 25.7 Å². The third-order valence-electron chi connectivity index (χ3n) is 4.36. The van der Waals surface area contributed by atoms with Crippen molar-refractivity contribution in [2.75, 3.05) is 12.3 Å². The standard InChI is InChI=1S/C18H23N3O2/c1-2-23-18(22)11-13-7-9-15(10-8-13)21-17(19)12-16(20-21)14-5-3-4-6-14/h7-10,12,14H,2-6,11,19H2,1H3.